The van der Waals surface area contributed by atoms with Gasteiger partial charge in [-0.05, 0) is 27.7 Å². The van der Waals surface area contributed by atoms with Crippen LogP contribution in [0.5, 0.6) is 0 Å². The smallest absolute Gasteiger partial charge is 0.466 e. The molecule has 21 heavy (non-hydrogen) atoms. The molecular formula is C14H23BO6. The van der Waals surface area contributed by atoms with Gasteiger partial charge >= 0.3 is 19.1 Å². The van der Waals surface area contributed by atoms with Crippen LogP contribution < -0.4 is 0 Å². The molecule has 0 aromatic carbocycles. The highest BCUT2D eigenvalue weighted by Gasteiger charge is 2.56. The minimum absolute atomic E-state index is 0.574. The Balaban J connectivity index is 3.09. The molecule has 1 atom stereocenters. The molecule has 1 aliphatic rings. The van der Waals surface area contributed by atoms with Crippen LogP contribution in [0.2, 0.25) is 5.82 Å². The van der Waals surface area contributed by atoms with E-state index in [0.29, 0.717) is 0 Å². The molecule has 0 bridgehead atoms. The summed E-state index contributed by atoms with van der Waals surface area (Å²) in [5, 5.41) is 0. The summed E-state index contributed by atoms with van der Waals surface area (Å²) >= 11 is 0. The van der Waals surface area contributed by atoms with Gasteiger partial charge in [0.1, 0.15) is 0 Å². The number of carbonyl (C=O) groups is 2. The fraction of sp³-hybridized carbons (Fsp3) is 0.714. The van der Waals surface area contributed by atoms with Gasteiger partial charge in [-0.2, -0.15) is 0 Å². The molecule has 0 aromatic rings. The maximum absolute atomic E-state index is 11.9. The number of ether oxygens (including phenoxy) is 2. The van der Waals surface area contributed by atoms with Gasteiger partial charge in [0.05, 0.1) is 25.4 Å². The number of rotatable bonds is 5. The van der Waals surface area contributed by atoms with Crippen molar-refractivity contribution in [3.05, 3.63) is 12.7 Å². The van der Waals surface area contributed by atoms with Gasteiger partial charge in [-0.25, -0.2) is 0 Å². The summed E-state index contributed by atoms with van der Waals surface area (Å²) in [6.07, 6.45) is 1.46. The largest absolute Gasteiger partial charge is 0.468 e. The van der Waals surface area contributed by atoms with Gasteiger partial charge in [0.15, 0.2) is 5.92 Å². The zero-order valence-electron chi connectivity index (χ0n) is 13.5. The van der Waals surface area contributed by atoms with Crippen LogP contribution in [0.25, 0.3) is 0 Å². The molecule has 0 aromatic heterocycles. The van der Waals surface area contributed by atoms with Crippen molar-refractivity contribution in [1.82, 2.24) is 0 Å². The first kappa shape index (κ1) is 17.7. The summed E-state index contributed by atoms with van der Waals surface area (Å²) in [5.74, 6) is -3.29. The maximum atomic E-state index is 11.9. The van der Waals surface area contributed by atoms with Gasteiger partial charge < -0.3 is 18.8 Å². The number of carbonyl (C=O) groups excluding carboxylic acids is 2. The van der Waals surface area contributed by atoms with E-state index in [9.17, 15) is 9.59 Å². The number of allylic oxidation sites excluding steroid dienone is 1. The van der Waals surface area contributed by atoms with E-state index in [4.69, 9.17) is 9.31 Å². The molecule has 0 aliphatic carbocycles. The lowest BCUT2D eigenvalue weighted by Gasteiger charge is -2.32. The molecule has 0 amide bonds. The molecule has 0 unspecified atom stereocenters. The number of hydrogen-bond donors (Lipinski definition) is 0. The molecule has 118 valence electrons. The first-order valence-corrected chi connectivity index (χ1v) is 6.75. The summed E-state index contributed by atoms with van der Waals surface area (Å²) in [6.45, 7) is 11.2. The molecule has 0 saturated carbocycles. The lowest BCUT2D eigenvalue weighted by Crippen LogP contribution is -2.41. The van der Waals surface area contributed by atoms with Crippen molar-refractivity contribution in [2.75, 3.05) is 14.2 Å². The van der Waals surface area contributed by atoms with E-state index in [1.54, 1.807) is 0 Å². The van der Waals surface area contributed by atoms with E-state index in [1.807, 2.05) is 27.7 Å². The van der Waals surface area contributed by atoms with Gasteiger partial charge in [-0.3, -0.25) is 9.59 Å². The molecule has 1 rings (SSSR count). The highest BCUT2D eigenvalue weighted by atomic mass is 16.7. The van der Waals surface area contributed by atoms with E-state index in [2.05, 4.69) is 16.1 Å². The monoisotopic (exact) mass is 298 g/mol. The van der Waals surface area contributed by atoms with Crippen molar-refractivity contribution in [3.8, 4) is 0 Å². The minimum atomic E-state index is -1.17. The molecule has 6 nitrogen and oxygen atoms in total. The quantitative estimate of drug-likeness (QED) is 0.332. The lowest BCUT2D eigenvalue weighted by atomic mass is 9.64. The SMILES string of the molecule is C=C[C@@H](B1OC(C)(C)C(C)(C)O1)C(C(=O)OC)C(=O)OC. The first-order chi connectivity index (χ1) is 9.61. The van der Waals surface area contributed by atoms with E-state index in [1.165, 1.54) is 20.3 Å². The predicted molar refractivity (Wildman–Crippen MR) is 77.6 cm³/mol. The molecule has 1 heterocycles. The van der Waals surface area contributed by atoms with Crippen molar-refractivity contribution < 1.29 is 28.4 Å². The Morgan fingerprint density at radius 3 is 1.71 bits per heavy atom. The van der Waals surface area contributed by atoms with Crippen molar-refractivity contribution in [2.24, 2.45) is 5.92 Å². The Morgan fingerprint density at radius 1 is 1.05 bits per heavy atom. The molecule has 1 saturated heterocycles. The van der Waals surface area contributed by atoms with E-state index >= 15 is 0 Å². The minimum Gasteiger partial charge on any atom is -0.468 e. The third-order valence-corrected chi connectivity index (χ3v) is 4.15. The summed E-state index contributed by atoms with van der Waals surface area (Å²) in [6, 6.07) is 0. The summed E-state index contributed by atoms with van der Waals surface area (Å²) in [5.41, 5.74) is -1.15. The Labute approximate surface area is 125 Å². The first-order valence-electron chi connectivity index (χ1n) is 6.75. The van der Waals surface area contributed by atoms with Gasteiger partial charge in [-0.15, -0.1) is 6.58 Å². The summed E-state index contributed by atoms with van der Waals surface area (Å²) < 4.78 is 21.1. The topological polar surface area (TPSA) is 71.1 Å². The number of methoxy groups -OCH3 is 2. The van der Waals surface area contributed by atoms with Gasteiger partial charge in [0.25, 0.3) is 0 Å². The molecule has 1 fully saturated rings. The van der Waals surface area contributed by atoms with Crippen molar-refractivity contribution in [3.63, 3.8) is 0 Å². The number of esters is 2. The van der Waals surface area contributed by atoms with E-state index < -0.39 is 42.0 Å². The van der Waals surface area contributed by atoms with Crippen LogP contribution in [0, 0.1) is 5.92 Å². The lowest BCUT2D eigenvalue weighted by molar-refractivity contribution is -0.158. The van der Waals surface area contributed by atoms with E-state index in [0.717, 1.165) is 0 Å². The second-order valence-electron chi connectivity index (χ2n) is 5.96. The molecule has 0 N–H and O–H groups in total. The van der Waals surface area contributed by atoms with Crippen LogP contribution in [-0.2, 0) is 28.4 Å². The standard InChI is InChI=1S/C14H23BO6/c1-8-9(10(11(16)18-6)12(17)19-7)15-20-13(2,3)14(4,5)21-15/h8-10H,1H2,2-7H3/t9-/m1/s1. The van der Waals surface area contributed by atoms with Crippen molar-refractivity contribution in [1.29, 1.82) is 0 Å². The van der Waals surface area contributed by atoms with E-state index in [-0.39, 0.29) is 0 Å². The van der Waals surface area contributed by atoms with Crippen LogP contribution in [0.4, 0.5) is 0 Å². The van der Waals surface area contributed by atoms with Crippen LogP contribution in [0.15, 0.2) is 12.7 Å². The highest BCUT2D eigenvalue weighted by Crippen LogP contribution is 2.42. The average Bonchev–Trinajstić information content (AvgIpc) is 2.62. The van der Waals surface area contributed by atoms with Crippen LogP contribution in [0.3, 0.4) is 0 Å². The predicted octanol–water partition coefficient (Wildman–Crippen LogP) is 1.60. The zero-order chi connectivity index (χ0) is 16.4. The normalized spacial score (nSPS) is 21.0. The average molecular weight is 298 g/mol. The third kappa shape index (κ3) is 3.29. The van der Waals surface area contributed by atoms with Gasteiger partial charge in [0.2, 0.25) is 0 Å². The second kappa shape index (κ2) is 6.19. The zero-order valence-corrected chi connectivity index (χ0v) is 13.5. The summed E-state index contributed by atoms with van der Waals surface area (Å²) in [7, 11) is 1.64. The van der Waals surface area contributed by atoms with Crippen molar-refractivity contribution in [2.45, 2.75) is 44.7 Å². The molecular weight excluding hydrogens is 275 g/mol. The van der Waals surface area contributed by atoms with Gasteiger partial charge in [0, 0.05) is 5.82 Å². The maximum Gasteiger partial charge on any atom is 0.466 e. The Hall–Kier alpha value is -1.34. The summed E-state index contributed by atoms with van der Waals surface area (Å²) in [4.78, 5) is 23.8. The Bertz CT molecular complexity index is 399. The fourth-order valence-corrected chi connectivity index (χ4v) is 2.11. The molecule has 1 aliphatic heterocycles. The fourth-order valence-electron chi connectivity index (χ4n) is 2.11. The number of hydrogen-bond acceptors (Lipinski definition) is 6. The molecule has 0 radical (unpaired) electrons. The van der Waals surface area contributed by atoms with Crippen LogP contribution in [0.1, 0.15) is 27.7 Å². The van der Waals surface area contributed by atoms with Crippen LogP contribution >= 0.6 is 0 Å². The Morgan fingerprint density at radius 2 is 1.43 bits per heavy atom. The third-order valence-electron chi connectivity index (χ3n) is 4.15. The van der Waals surface area contributed by atoms with Gasteiger partial charge in [-0.1, -0.05) is 6.08 Å². The Kier molecular flexibility index (Phi) is 5.23. The van der Waals surface area contributed by atoms with Crippen molar-refractivity contribution >= 4 is 19.1 Å². The second-order valence-corrected chi connectivity index (χ2v) is 5.96. The van der Waals surface area contributed by atoms with Crippen LogP contribution in [-0.4, -0.2) is 44.5 Å². The highest BCUT2D eigenvalue weighted by molar-refractivity contribution is 6.49. The molecule has 0 spiro atoms. The molecule has 7 heteroatoms.